The maximum Gasteiger partial charge on any atom is 0.0841 e. The number of benzene rings is 1. The van der Waals surface area contributed by atoms with Crippen LogP contribution in [0.25, 0.3) is 0 Å². The highest BCUT2D eigenvalue weighted by Crippen LogP contribution is 2.53. The summed E-state index contributed by atoms with van der Waals surface area (Å²) in [6, 6.07) is 0. The van der Waals surface area contributed by atoms with Gasteiger partial charge in [-0.3, -0.25) is 0 Å². The van der Waals surface area contributed by atoms with E-state index in [1.807, 2.05) is 0 Å². The lowest BCUT2D eigenvalue weighted by Gasteiger charge is -2.13. The smallest absolute Gasteiger partial charge is 0.0841 e. The molecule has 0 bridgehead atoms. The summed E-state index contributed by atoms with van der Waals surface area (Å²) in [5.74, 6) is 0. The first-order valence-corrected chi connectivity index (χ1v) is 7.64. The van der Waals surface area contributed by atoms with E-state index in [0.717, 1.165) is 0 Å². The fourth-order valence-corrected chi connectivity index (χ4v) is 4.17. The molecule has 0 unspecified atom stereocenters. The van der Waals surface area contributed by atoms with Crippen LogP contribution in [0.5, 0.6) is 0 Å². The van der Waals surface area contributed by atoms with E-state index in [0.29, 0.717) is 0 Å². The Hall–Kier alpha value is 0.330. The van der Waals surface area contributed by atoms with Crippen LogP contribution in [0.15, 0.2) is 24.5 Å². The summed E-state index contributed by atoms with van der Waals surface area (Å²) in [4.78, 5) is -2.50. The van der Waals surface area contributed by atoms with Crippen molar-refractivity contribution in [2.45, 2.75) is 24.5 Å². The van der Waals surface area contributed by atoms with Crippen LogP contribution in [-0.4, -0.2) is 0 Å². The molecule has 106 valence electrons. The quantitative estimate of drug-likeness (QED) is 0.387. The second kappa shape index (κ2) is 10.1. The predicted molar refractivity (Wildman–Crippen MR) is 69.7 cm³/mol. The Morgan fingerprint density at radius 1 is 0.579 bits per heavy atom. The molecule has 0 radical (unpaired) electrons. The highest BCUT2D eigenvalue weighted by atomic mass is 35.5. The van der Waals surface area contributed by atoms with Gasteiger partial charge in [-0.15, -0.1) is 0 Å². The first-order valence-electron chi connectivity index (χ1n) is 3.68. The van der Waals surface area contributed by atoms with Gasteiger partial charge in [-0.05, 0) is 0 Å². The van der Waals surface area contributed by atoms with E-state index in [1.165, 1.54) is 0 Å². The Kier molecular flexibility index (Phi) is 10.3. The topological polar surface area (TPSA) is 47.6 Å². The van der Waals surface area contributed by atoms with E-state index in [9.17, 15) is 19.4 Å². The highest BCUT2D eigenvalue weighted by Gasteiger charge is 2.27. The van der Waals surface area contributed by atoms with Crippen LogP contribution in [-0.2, 0) is 0 Å². The number of halogens is 6. The summed E-state index contributed by atoms with van der Waals surface area (Å²) in [5.41, 5.74) is 0. The van der Waals surface area contributed by atoms with Gasteiger partial charge in [0.25, 0.3) is 0 Å². The zero-order valence-electron chi connectivity index (χ0n) is 8.20. The first kappa shape index (κ1) is 19.3. The lowest BCUT2D eigenvalue weighted by Crippen LogP contribution is -1.89. The first-order chi connectivity index (χ1) is 9.15. The van der Waals surface area contributed by atoms with Crippen molar-refractivity contribution in [2.24, 2.45) is 0 Å². The summed E-state index contributed by atoms with van der Waals surface area (Å²) in [5, 5.41) is 11.5. The average molecular weight is 391 g/mol. The summed E-state index contributed by atoms with van der Waals surface area (Å²) < 4.78 is 63.1. The number of rotatable bonds is 5. The molecule has 13 heteroatoms. The highest BCUT2D eigenvalue weighted by molar-refractivity contribution is 8.00. The molecule has 0 N–H and O–H groups in total. The molecule has 1 aromatic rings. The molecule has 0 aliphatic rings. The minimum atomic E-state index is -0.533. The molecule has 0 aliphatic carbocycles. The van der Waals surface area contributed by atoms with Gasteiger partial charge in [0.15, 0.2) is 0 Å². The molecule has 0 heterocycles. The monoisotopic (exact) mass is 390 g/mol. The number of hydrogen-bond donors (Lipinski definition) is 0. The van der Waals surface area contributed by atoms with Crippen molar-refractivity contribution in [1.82, 2.24) is 0 Å². The van der Waals surface area contributed by atoms with Crippen molar-refractivity contribution < 1.29 is 19.4 Å². The normalized spacial score (nSPS) is 9.89. The molecule has 19 heavy (non-hydrogen) atoms. The largest absolute Gasteiger partial charge is 0.159 e. The third-order valence-corrected chi connectivity index (χ3v) is 5.54. The molecule has 0 saturated heterocycles. The predicted octanol–water partition coefficient (Wildman–Crippen LogP) is 7.25. The average Bonchev–Trinajstić information content (AvgIpc) is 2.47. The Morgan fingerprint density at radius 3 is 1.00 bits per heavy atom. The fraction of sp³-hybridized carbons (Fsp3) is 0. The van der Waals surface area contributed by atoms with E-state index in [-0.39, 0.29) is 0 Å². The van der Waals surface area contributed by atoms with E-state index in [1.54, 1.807) is 0 Å². The minimum Gasteiger partial charge on any atom is -0.159 e. The van der Waals surface area contributed by atoms with Crippen molar-refractivity contribution in [2.75, 3.05) is 0 Å². The Balaban J connectivity index is 0.00000154. The van der Waals surface area contributed by atoms with Gasteiger partial charge in [-0.1, -0.05) is 11.6 Å². The van der Waals surface area contributed by atoms with E-state index < -0.39 is 90.2 Å². The lowest BCUT2D eigenvalue weighted by atomic mass is 10.3. The van der Waals surface area contributed by atoms with Crippen LogP contribution in [0, 0.1) is 10.8 Å². The molecule has 0 saturated carbocycles. The van der Waals surface area contributed by atoms with E-state index in [2.05, 4.69) is 0 Å². The van der Waals surface area contributed by atoms with Crippen molar-refractivity contribution in [3.05, 3.63) is 5.02 Å². The fourth-order valence-electron chi connectivity index (χ4n) is 0.960. The third-order valence-electron chi connectivity index (χ3n) is 1.61. The van der Waals surface area contributed by atoms with Gasteiger partial charge in [0.2, 0.25) is 0 Å². The minimum absolute atomic E-state index is 0.460. The van der Waals surface area contributed by atoms with Crippen molar-refractivity contribution in [1.29, 1.82) is 10.8 Å². The van der Waals surface area contributed by atoms with Crippen LogP contribution in [0.2, 0.25) is 5.02 Å². The van der Waals surface area contributed by atoms with Crippen LogP contribution in [0.1, 0.15) is 0 Å². The molecule has 0 aliphatic heterocycles. The zero-order chi connectivity index (χ0) is 15.0. The van der Waals surface area contributed by atoms with Gasteiger partial charge >= 0.3 is 0 Å². The van der Waals surface area contributed by atoms with Gasteiger partial charge < -0.3 is 0 Å². The molecule has 0 aromatic heterocycles. The van der Waals surface area contributed by atoms with Crippen LogP contribution >= 0.6 is 72.3 Å². The van der Waals surface area contributed by atoms with Gasteiger partial charge in [0, 0.05) is 10.8 Å². The zero-order valence-corrected chi connectivity index (χ0v) is 13.0. The molecule has 0 atom stereocenters. The lowest BCUT2D eigenvalue weighted by molar-refractivity contribution is 0.828. The second-order valence-electron chi connectivity index (χ2n) is 2.35. The maximum atomic E-state index is 12.6. The third kappa shape index (κ3) is 4.15. The summed E-state index contributed by atoms with van der Waals surface area (Å²) in [6.07, 6.45) is 0. The molecule has 1 aromatic carbocycles. The Morgan fingerprint density at radius 2 is 0.789 bits per heavy atom. The molecule has 2 nitrogen and oxygen atoms in total. The van der Waals surface area contributed by atoms with Crippen LogP contribution < -0.4 is 0 Å². The summed E-state index contributed by atoms with van der Waals surface area (Å²) in [7, 11) is 0. The molecule has 0 amide bonds. The van der Waals surface area contributed by atoms with Crippen molar-refractivity contribution >= 4 is 72.3 Å². The maximum absolute atomic E-state index is 12.6. The van der Waals surface area contributed by atoms with Gasteiger partial charge in [-0.2, -0.15) is 19.4 Å². The van der Waals surface area contributed by atoms with Gasteiger partial charge in [-0.25, -0.2) is 0 Å². The van der Waals surface area contributed by atoms with Gasteiger partial charge in [0.1, 0.15) is 0 Å². The summed E-state index contributed by atoms with van der Waals surface area (Å²) >= 11 is 3.20. The molecule has 0 fully saturated rings. The van der Waals surface area contributed by atoms with Gasteiger partial charge in [0.05, 0.1) is 90.2 Å². The van der Waals surface area contributed by atoms with Crippen molar-refractivity contribution in [3.8, 4) is 0 Å². The van der Waals surface area contributed by atoms with Crippen LogP contribution in [0.3, 0.4) is 0 Å². The molecule has 0 spiro atoms. The van der Waals surface area contributed by atoms with Crippen LogP contribution in [0.4, 0.5) is 19.4 Å². The summed E-state index contributed by atoms with van der Waals surface area (Å²) in [6.45, 7) is 0. The second-order valence-corrected chi connectivity index (χ2v) is 5.54. The molecular weight excluding hydrogens is 391 g/mol. The molecular formula is C6ClF5N2S5. The SMILES string of the molecule is FSc1c(Cl)c(SF)c(SF)c(SF)c1SF.N#N. The number of hydrogen-bond acceptors (Lipinski definition) is 7. The van der Waals surface area contributed by atoms with E-state index in [4.69, 9.17) is 22.4 Å². The number of nitrogens with zero attached hydrogens (tertiary/aromatic N) is 2. The Labute approximate surface area is 131 Å². The van der Waals surface area contributed by atoms with Crippen molar-refractivity contribution in [3.63, 3.8) is 0 Å². The standard InChI is InChI=1S/C6ClF5S5.N2/c7-1-2(13-8)4(15-10)6(17-12)5(16-11)3(1)14-9;1-2. The Bertz CT molecular complexity index is 428. The molecule has 1 rings (SSSR count). The van der Waals surface area contributed by atoms with E-state index >= 15 is 0 Å².